The Balaban J connectivity index is 1.69. The van der Waals surface area contributed by atoms with Gasteiger partial charge in [-0.2, -0.15) is 0 Å². The molecule has 0 aliphatic rings. The predicted octanol–water partition coefficient (Wildman–Crippen LogP) is 9.75. The lowest BCUT2D eigenvalue weighted by molar-refractivity contribution is 1.25. The molecule has 168 valence electrons. The molecule has 0 bridgehead atoms. The molecule has 0 saturated carbocycles. The summed E-state index contributed by atoms with van der Waals surface area (Å²) in [7, 11) is 0. The molecular weight excluding hydrogens is 422 g/mol. The molecule has 0 fully saturated rings. The summed E-state index contributed by atoms with van der Waals surface area (Å²) in [6.45, 7) is 4.33. The van der Waals surface area contributed by atoms with Crippen molar-refractivity contribution in [1.82, 2.24) is 0 Å². The van der Waals surface area contributed by atoms with Gasteiger partial charge in [0.1, 0.15) is 0 Å². The zero-order valence-corrected chi connectivity index (χ0v) is 20.1. The standard InChI is InChI=1S/C34H27N/c1-24-15-20-30(21-16-24)35(32-14-8-3-9-25(32)2)33-22-19-27-11-6-7-13-31(27)34(33)29-18-17-26-10-4-5-12-28(26)23-29/h3-23H,1-2H3. The van der Waals surface area contributed by atoms with E-state index in [4.69, 9.17) is 0 Å². The number of aryl methyl sites for hydroxylation is 2. The first-order valence-electron chi connectivity index (χ1n) is 12.1. The van der Waals surface area contributed by atoms with Crippen LogP contribution in [-0.2, 0) is 0 Å². The lowest BCUT2D eigenvalue weighted by Crippen LogP contribution is -2.12. The first-order chi connectivity index (χ1) is 17.2. The summed E-state index contributed by atoms with van der Waals surface area (Å²) >= 11 is 0. The van der Waals surface area contributed by atoms with Crippen molar-refractivity contribution in [3.63, 3.8) is 0 Å². The molecule has 0 spiro atoms. The molecule has 0 aliphatic carbocycles. The van der Waals surface area contributed by atoms with E-state index in [1.807, 2.05) is 0 Å². The minimum Gasteiger partial charge on any atom is -0.310 e. The lowest BCUT2D eigenvalue weighted by atomic mass is 9.93. The van der Waals surface area contributed by atoms with Crippen LogP contribution in [0.15, 0.2) is 127 Å². The van der Waals surface area contributed by atoms with E-state index < -0.39 is 0 Å². The number of fused-ring (bicyclic) bond motifs is 2. The van der Waals surface area contributed by atoms with Crippen LogP contribution in [0, 0.1) is 13.8 Å². The molecule has 0 N–H and O–H groups in total. The minimum atomic E-state index is 1.15. The van der Waals surface area contributed by atoms with Gasteiger partial charge in [-0.25, -0.2) is 0 Å². The topological polar surface area (TPSA) is 3.24 Å². The molecule has 0 aromatic heterocycles. The van der Waals surface area contributed by atoms with Crippen LogP contribution >= 0.6 is 0 Å². The normalized spacial score (nSPS) is 11.1. The summed E-state index contributed by atoms with van der Waals surface area (Å²) in [5.41, 5.74) is 8.49. The van der Waals surface area contributed by atoms with Crippen LogP contribution < -0.4 is 4.90 Å². The quantitative estimate of drug-likeness (QED) is 0.259. The van der Waals surface area contributed by atoms with Crippen molar-refractivity contribution >= 4 is 38.6 Å². The number of para-hydroxylation sites is 1. The summed E-state index contributed by atoms with van der Waals surface area (Å²) < 4.78 is 0. The zero-order valence-electron chi connectivity index (χ0n) is 20.1. The Labute approximate surface area is 206 Å². The van der Waals surface area contributed by atoms with Gasteiger partial charge in [0.25, 0.3) is 0 Å². The van der Waals surface area contributed by atoms with Crippen molar-refractivity contribution in [3.05, 3.63) is 139 Å². The molecule has 0 saturated heterocycles. The Hall–Kier alpha value is -4.36. The van der Waals surface area contributed by atoms with E-state index >= 15 is 0 Å². The van der Waals surface area contributed by atoms with E-state index in [2.05, 4.69) is 146 Å². The van der Waals surface area contributed by atoms with Crippen LogP contribution in [0.5, 0.6) is 0 Å². The van der Waals surface area contributed by atoms with Gasteiger partial charge in [0.15, 0.2) is 0 Å². The van der Waals surface area contributed by atoms with Crippen molar-refractivity contribution in [2.75, 3.05) is 4.90 Å². The molecule has 1 nitrogen and oxygen atoms in total. The smallest absolute Gasteiger partial charge is 0.0546 e. The second kappa shape index (κ2) is 8.77. The Bertz CT molecular complexity index is 1660. The van der Waals surface area contributed by atoms with Gasteiger partial charge < -0.3 is 4.90 Å². The molecule has 0 aliphatic heterocycles. The molecule has 1 heteroatoms. The van der Waals surface area contributed by atoms with Gasteiger partial charge in [0, 0.05) is 16.9 Å². The maximum absolute atomic E-state index is 2.41. The first-order valence-corrected chi connectivity index (χ1v) is 12.1. The Kier molecular flexibility index (Phi) is 5.31. The number of hydrogen-bond acceptors (Lipinski definition) is 1. The summed E-state index contributed by atoms with van der Waals surface area (Å²) in [6, 6.07) is 46.1. The van der Waals surface area contributed by atoms with Crippen LogP contribution in [-0.4, -0.2) is 0 Å². The third kappa shape index (κ3) is 3.86. The Morgan fingerprint density at radius 1 is 0.486 bits per heavy atom. The average Bonchev–Trinajstić information content (AvgIpc) is 2.90. The molecule has 0 amide bonds. The summed E-state index contributed by atoms with van der Waals surface area (Å²) in [5.74, 6) is 0. The maximum atomic E-state index is 2.41. The number of benzene rings is 6. The Morgan fingerprint density at radius 3 is 1.94 bits per heavy atom. The number of anilines is 3. The first kappa shape index (κ1) is 21.2. The van der Waals surface area contributed by atoms with Crippen LogP contribution in [0.3, 0.4) is 0 Å². The fraction of sp³-hybridized carbons (Fsp3) is 0.0588. The highest BCUT2D eigenvalue weighted by molar-refractivity contribution is 6.06. The van der Waals surface area contributed by atoms with Gasteiger partial charge in [0.2, 0.25) is 0 Å². The van der Waals surface area contributed by atoms with E-state index in [1.54, 1.807) is 0 Å². The summed E-state index contributed by atoms with van der Waals surface area (Å²) in [6.07, 6.45) is 0. The highest BCUT2D eigenvalue weighted by Crippen LogP contribution is 2.45. The number of rotatable bonds is 4. The molecule has 0 heterocycles. The van der Waals surface area contributed by atoms with E-state index in [1.165, 1.54) is 55.2 Å². The summed E-state index contributed by atoms with van der Waals surface area (Å²) in [5, 5.41) is 5.01. The highest BCUT2D eigenvalue weighted by Gasteiger charge is 2.20. The average molecular weight is 450 g/mol. The van der Waals surface area contributed by atoms with Crippen molar-refractivity contribution < 1.29 is 0 Å². The van der Waals surface area contributed by atoms with Gasteiger partial charge in [-0.05, 0) is 76.9 Å². The maximum Gasteiger partial charge on any atom is 0.0546 e. The monoisotopic (exact) mass is 449 g/mol. The van der Waals surface area contributed by atoms with Crippen molar-refractivity contribution in [3.8, 4) is 11.1 Å². The summed E-state index contributed by atoms with van der Waals surface area (Å²) in [4.78, 5) is 2.41. The van der Waals surface area contributed by atoms with Crippen LogP contribution in [0.4, 0.5) is 17.1 Å². The van der Waals surface area contributed by atoms with Crippen molar-refractivity contribution in [2.45, 2.75) is 13.8 Å². The van der Waals surface area contributed by atoms with Gasteiger partial charge >= 0.3 is 0 Å². The fourth-order valence-corrected chi connectivity index (χ4v) is 5.01. The molecule has 35 heavy (non-hydrogen) atoms. The lowest BCUT2D eigenvalue weighted by Gasteiger charge is -2.30. The second-order valence-corrected chi connectivity index (χ2v) is 9.20. The van der Waals surface area contributed by atoms with Gasteiger partial charge in [0.05, 0.1) is 5.69 Å². The molecular formula is C34H27N. The second-order valence-electron chi connectivity index (χ2n) is 9.20. The van der Waals surface area contributed by atoms with Gasteiger partial charge in [-0.1, -0.05) is 103 Å². The van der Waals surface area contributed by atoms with Crippen LogP contribution in [0.25, 0.3) is 32.7 Å². The number of hydrogen-bond donors (Lipinski definition) is 0. The minimum absolute atomic E-state index is 1.15. The molecule has 0 unspecified atom stereocenters. The molecule has 6 aromatic rings. The zero-order chi connectivity index (χ0) is 23.8. The molecule has 0 radical (unpaired) electrons. The molecule has 0 atom stereocenters. The van der Waals surface area contributed by atoms with Crippen LogP contribution in [0.1, 0.15) is 11.1 Å². The van der Waals surface area contributed by atoms with E-state index in [0.29, 0.717) is 0 Å². The van der Waals surface area contributed by atoms with Crippen molar-refractivity contribution in [1.29, 1.82) is 0 Å². The van der Waals surface area contributed by atoms with E-state index in [9.17, 15) is 0 Å². The van der Waals surface area contributed by atoms with Gasteiger partial charge in [-0.15, -0.1) is 0 Å². The van der Waals surface area contributed by atoms with Gasteiger partial charge in [-0.3, -0.25) is 0 Å². The molecule has 6 rings (SSSR count). The third-order valence-corrected chi connectivity index (χ3v) is 6.83. The van der Waals surface area contributed by atoms with E-state index in [0.717, 1.165) is 5.69 Å². The van der Waals surface area contributed by atoms with E-state index in [-0.39, 0.29) is 0 Å². The predicted molar refractivity (Wildman–Crippen MR) is 151 cm³/mol. The number of nitrogens with zero attached hydrogens (tertiary/aromatic N) is 1. The third-order valence-electron chi connectivity index (χ3n) is 6.83. The fourth-order valence-electron chi connectivity index (χ4n) is 5.01. The highest BCUT2D eigenvalue weighted by atomic mass is 15.1. The van der Waals surface area contributed by atoms with Crippen LogP contribution in [0.2, 0.25) is 0 Å². The van der Waals surface area contributed by atoms with Crippen molar-refractivity contribution in [2.24, 2.45) is 0 Å². The molecule has 6 aromatic carbocycles. The SMILES string of the molecule is Cc1ccc(N(c2ccccc2C)c2ccc3ccccc3c2-c2ccc3ccccc3c2)cc1. The largest absolute Gasteiger partial charge is 0.310 e. The Morgan fingerprint density at radius 2 is 1.14 bits per heavy atom.